The molecule has 8 heteroatoms. The van der Waals surface area contributed by atoms with Gasteiger partial charge in [0.15, 0.2) is 15.0 Å². The number of aromatic nitrogens is 1. The number of piperidine rings is 1. The minimum Gasteiger partial charge on any atom is -0.495 e. The number of nitrogens with zero attached hydrogens (tertiary/aromatic N) is 2. The van der Waals surface area contributed by atoms with Gasteiger partial charge in [0.05, 0.1) is 18.1 Å². The molecule has 5 nitrogen and oxygen atoms in total. The molecule has 31 heavy (non-hydrogen) atoms. The first kappa shape index (κ1) is 22.3. The third-order valence-corrected chi connectivity index (χ3v) is 9.49. The van der Waals surface area contributed by atoms with Crippen molar-refractivity contribution in [2.75, 3.05) is 25.1 Å². The highest BCUT2D eigenvalue weighted by atomic mass is 79.9. The van der Waals surface area contributed by atoms with E-state index in [2.05, 4.69) is 58.3 Å². The van der Waals surface area contributed by atoms with E-state index in [1.54, 1.807) is 29.5 Å². The lowest BCUT2D eigenvalue weighted by atomic mass is 10.0. The molecule has 0 N–H and O–H groups in total. The van der Waals surface area contributed by atoms with Crippen LogP contribution in [0.4, 0.5) is 5.13 Å². The van der Waals surface area contributed by atoms with Crippen LogP contribution < -0.4 is 9.64 Å². The second-order valence-corrected chi connectivity index (χ2v) is 11.8. The molecule has 164 valence electrons. The van der Waals surface area contributed by atoms with Gasteiger partial charge in [0.2, 0.25) is 0 Å². The maximum absolute atomic E-state index is 13.3. The fourth-order valence-corrected chi connectivity index (χ4v) is 7.45. The molecule has 1 fully saturated rings. The Balaban J connectivity index is 1.51. The lowest BCUT2D eigenvalue weighted by molar-refractivity contribution is 0.401. The molecule has 4 rings (SSSR count). The van der Waals surface area contributed by atoms with Crippen molar-refractivity contribution in [1.29, 1.82) is 0 Å². The van der Waals surface area contributed by atoms with Crippen LogP contribution in [0, 0.1) is 13.8 Å². The topological polar surface area (TPSA) is 59.5 Å². The fourth-order valence-electron chi connectivity index (χ4n) is 4.15. The zero-order valence-electron chi connectivity index (χ0n) is 17.8. The van der Waals surface area contributed by atoms with Crippen molar-refractivity contribution < 1.29 is 13.2 Å². The van der Waals surface area contributed by atoms with Crippen molar-refractivity contribution >= 4 is 42.2 Å². The lowest BCUT2D eigenvalue weighted by Gasteiger charge is -2.31. The molecule has 0 saturated carbocycles. The predicted octanol–water partition coefficient (Wildman–Crippen LogP) is 5.64. The van der Waals surface area contributed by atoms with Crippen molar-refractivity contribution in [2.24, 2.45) is 0 Å². The molecular weight excluding hydrogens is 496 g/mol. The molecular formula is C23H25BrN2O3S2. The van der Waals surface area contributed by atoms with Crippen LogP contribution in [0.5, 0.6) is 5.75 Å². The monoisotopic (exact) mass is 520 g/mol. The SMILES string of the molecule is COc1ccc(Br)cc1S(=O)(=O)C1CCN(c2nc(-c3c(C)cccc3C)cs2)CC1. The summed E-state index contributed by atoms with van der Waals surface area (Å²) in [6.45, 7) is 5.54. The minimum atomic E-state index is -3.48. The van der Waals surface area contributed by atoms with Crippen LogP contribution in [0.3, 0.4) is 0 Å². The second kappa shape index (κ2) is 8.92. The number of methoxy groups -OCH3 is 1. The molecule has 0 bridgehead atoms. The van der Waals surface area contributed by atoms with E-state index in [4.69, 9.17) is 9.72 Å². The number of ether oxygens (including phenoxy) is 1. The number of rotatable bonds is 5. The normalized spacial score (nSPS) is 15.3. The highest BCUT2D eigenvalue weighted by Crippen LogP contribution is 2.36. The summed E-state index contributed by atoms with van der Waals surface area (Å²) in [6.07, 6.45) is 1.13. The molecule has 0 spiro atoms. The number of thiazole rings is 1. The first-order chi connectivity index (χ1) is 14.8. The minimum absolute atomic E-state index is 0.259. The molecule has 0 unspecified atom stereocenters. The molecule has 1 aliphatic rings. The summed E-state index contributed by atoms with van der Waals surface area (Å²) in [4.78, 5) is 7.34. The van der Waals surface area contributed by atoms with Gasteiger partial charge in [-0.2, -0.15) is 0 Å². The maximum atomic E-state index is 13.3. The van der Waals surface area contributed by atoms with Gasteiger partial charge in [-0.05, 0) is 56.0 Å². The van der Waals surface area contributed by atoms with Crippen LogP contribution in [-0.4, -0.2) is 38.9 Å². The van der Waals surface area contributed by atoms with E-state index < -0.39 is 15.1 Å². The van der Waals surface area contributed by atoms with E-state index >= 15 is 0 Å². The summed E-state index contributed by atoms with van der Waals surface area (Å²) in [6, 6.07) is 11.4. The number of hydrogen-bond acceptors (Lipinski definition) is 6. The molecule has 1 aromatic heterocycles. The van der Waals surface area contributed by atoms with Gasteiger partial charge in [-0.15, -0.1) is 11.3 Å². The summed E-state index contributed by atoms with van der Waals surface area (Å²) in [5, 5.41) is 2.62. The zero-order chi connectivity index (χ0) is 22.2. The second-order valence-electron chi connectivity index (χ2n) is 7.81. The number of sulfone groups is 1. The first-order valence-electron chi connectivity index (χ1n) is 10.2. The highest BCUT2D eigenvalue weighted by molar-refractivity contribution is 9.10. The Morgan fingerprint density at radius 3 is 2.45 bits per heavy atom. The lowest BCUT2D eigenvalue weighted by Crippen LogP contribution is -2.39. The van der Waals surface area contributed by atoms with Crippen LogP contribution >= 0.6 is 27.3 Å². The van der Waals surface area contributed by atoms with Crippen molar-refractivity contribution in [1.82, 2.24) is 4.98 Å². The summed E-state index contributed by atoms with van der Waals surface area (Å²) in [5.74, 6) is 0.392. The molecule has 3 aromatic rings. The fraction of sp³-hybridized carbons (Fsp3) is 0.348. The Morgan fingerprint density at radius 2 is 1.81 bits per heavy atom. The molecule has 1 aliphatic heterocycles. The van der Waals surface area contributed by atoms with Crippen LogP contribution in [-0.2, 0) is 9.84 Å². The summed E-state index contributed by atoms with van der Waals surface area (Å²) in [7, 11) is -1.98. The molecule has 2 heterocycles. The molecule has 0 aliphatic carbocycles. The molecule has 0 amide bonds. The Morgan fingerprint density at radius 1 is 1.13 bits per heavy atom. The average Bonchev–Trinajstić information content (AvgIpc) is 3.23. The van der Waals surface area contributed by atoms with Gasteiger partial charge < -0.3 is 9.64 Å². The Kier molecular flexibility index (Phi) is 6.42. The zero-order valence-corrected chi connectivity index (χ0v) is 21.0. The van der Waals surface area contributed by atoms with Gasteiger partial charge in [-0.3, -0.25) is 0 Å². The molecule has 2 aromatic carbocycles. The van der Waals surface area contributed by atoms with E-state index in [0.29, 0.717) is 31.7 Å². The van der Waals surface area contributed by atoms with Crippen LogP contribution in [0.1, 0.15) is 24.0 Å². The smallest absolute Gasteiger partial charge is 0.185 e. The third kappa shape index (κ3) is 4.38. The predicted molar refractivity (Wildman–Crippen MR) is 130 cm³/mol. The van der Waals surface area contributed by atoms with Gasteiger partial charge in [0.1, 0.15) is 10.6 Å². The Bertz CT molecular complexity index is 1180. The average molecular weight is 522 g/mol. The largest absolute Gasteiger partial charge is 0.495 e. The van der Waals surface area contributed by atoms with Gasteiger partial charge >= 0.3 is 0 Å². The number of benzene rings is 2. The highest BCUT2D eigenvalue weighted by Gasteiger charge is 2.34. The van der Waals surface area contributed by atoms with Crippen molar-refractivity contribution in [3.05, 3.63) is 57.4 Å². The molecule has 0 atom stereocenters. The molecule has 0 radical (unpaired) electrons. The van der Waals surface area contributed by atoms with E-state index in [9.17, 15) is 8.42 Å². The number of hydrogen-bond donors (Lipinski definition) is 0. The van der Waals surface area contributed by atoms with Crippen LogP contribution in [0.2, 0.25) is 0 Å². The standard InChI is InChI=1S/C23H25BrN2O3S2/c1-15-5-4-6-16(2)22(15)19-14-30-23(25-19)26-11-9-18(10-12-26)31(27,28)21-13-17(24)7-8-20(21)29-3/h4-8,13-14,18H,9-12H2,1-3H3. The van der Waals surface area contributed by atoms with Gasteiger partial charge in [-0.25, -0.2) is 13.4 Å². The Labute approximate surface area is 196 Å². The summed E-state index contributed by atoms with van der Waals surface area (Å²) < 4.78 is 32.6. The van der Waals surface area contributed by atoms with E-state index in [-0.39, 0.29) is 4.90 Å². The molecule has 1 saturated heterocycles. The van der Waals surface area contributed by atoms with Crippen molar-refractivity contribution in [2.45, 2.75) is 36.8 Å². The van der Waals surface area contributed by atoms with Crippen molar-refractivity contribution in [3.63, 3.8) is 0 Å². The van der Waals surface area contributed by atoms with Gasteiger partial charge in [0, 0.05) is 28.5 Å². The summed E-state index contributed by atoms with van der Waals surface area (Å²) in [5.41, 5.74) is 4.60. The van der Waals surface area contributed by atoms with Crippen molar-refractivity contribution in [3.8, 4) is 17.0 Å². The summed E-state index contributed by atoms with van der Waals surface area (Å²) >= 11 is 5.00. The van der Waals surface area contributed by atoms with Crippen LogP contribution in [0.15, 0.2) is 51.1 Å². The quantitative estimate of drug-likeness (QED) is 0.435. The number of halogens is 1. The maximum Gasteiger partial charge on any atom is 0.185 e. The van der Waals surface area contributed by atoms with E-state index in [0.717, 1.165) is 15.3 Å². The number of anilines is 1. The van der Waals surface area contributed by atoms with E-state index in [1.165, 1.54) is 23.8 Å². The number of aryl methyl sites for hydroxylation is 2. The van der Waals surface area contributed by atoms with Crippen LogP contribution in [0.25, 0.3) is 11.3 Å². The Hall–Kier alpha value is -1.90. The first-order valence-corrected chi connectivity index (χ1v) is 13.4. The van der Waals surface area contributed by atoms with E-state index in [1.807, 2.05) is 0 Å². The third-order valence-electron chi connectivity index (χ3n) is 5.81. The van der Waals surface area contributed by atoms with Gasteiger partial charge in [-0.1, -0.05) is 34.1 Å². The van der Waals surface area contributed by atoms with Gasteiger partial charge in [0.25, 0.3) is 0 Å².